The van der Waals surface area contributed by atoms with E-state index in [0.29, 0.717) is 5.01 Å². The van der Waals surface area contributed by atoms with Gasteiger partial charge in [0.05, 0.1) is 11.3 Å². The number of benzene rings is 2. The molecule has 0 unspecified atom stereocenters. The number of non-ortho nitro benzene ring substituents is 1. The maximum absolute atomic E-state index is 13.2. The fourth-order valence-corrected chi connectivity index (χ4v) is 2.71. The van der Waals surface area contributed by atoms with Gasteiger partial charge in [0, 0.05) is 23.3 Å². The highest BCUT2D eigenvalue weighted by Gasteiger charge is 2.53. The lowest BCUT2D eigenvalue weighted by atomic mass is 9.96. The predicted octanol–water partition coefficient (Wildman–Crippen LogP) is 3.20. The summed E-state index contributed by atoms with van der Waals surface area (Å²) in [4.78, 5) is 22.9. The summed E-state index contributed by atoms with van der Waals surface area (Å²) in [5.74, 6) is -0.969. The van der Waals surface area contributed by atoms with Gasteiger partial charge in [-0.1, -0.05) is 30.3 Å². The number of carbonyl (C=O) groups is 1. The largest absolute Gasteiger partial charge is 0.431 e. The molecule has 0 fully saturated rings. The number of carbonyl (C=O) groups excluding carboxylic acids is 1. The second-order valence-electron chi connectivity index (χ2n) is 5.83. The molecular weight excluding hydrogens is 367 g/mol. The third-order valence-electron chi connectivity index (χ3n) is 4.04. The Morgan fingerprint density at radius 1 is 1.19 bits per heavy atom. The molecule has 27 heavy (non-hydrogen) atoms. The fraction of sp³-hybridized carbons (Fsp3) is 0.176. The van der Waals surface area contributed by atoms with Gasteiger partial charge in [-0.25, -0.2) is 0 Å². The molecule has 2 aromatic rings. The van der Waals surface area contributed by atoms with Gasteiger partial charge in [0.15, 0.2) is 5.72 Å². The molecule has 140 valence electrons. The highest BCUT2D eigenvalue weighted by molar-refractivity contribution is 5.99. The molecule has 1 aliphatic rings. The van der Waals surface area contributed by atoms with E-state index in [1.54, 1.807) is 6.07 Å². The van der Waals surface area contributed by atoms with E-state index < -0.39 is 40.6 Å². The van der Waals surface area contributed by atoms with Crippen LogP contribution >= 0.6 is 0 Å². The monoisotopic (exact) mass is 379 g/mol. The number of alkyl halides is 3. The van der Waals surface area contributed by atoms with Crippen molar-refractivity contribution in [3.8, 4) is 0 Å². The predicted molar refractivity (Wildman–Crippen MR) is 87.7 cm³/mol. The molecule has 1 amide bonds. The highest BCUT2D eigenvalue weighted by atomic mass is 19.4. The molecule has 2 aromatic carbocycles. The van der Waals surface area contributed by atoms with Crippen molar-refractivity contribution in [3.63, 3.8) is 0 Å². The van der Waals surface area contributed by atoms with Crippen LogP contribution in [0.2, 0.25) is 0 Å². The van der Waals surface area contributed by atoms with Crippen LogP contribution < -0.4 is 0 Å². The van der Waals surface area contributed by atoms with E-state index >= 15 is 0 Å². The molecule has 0 radical (unpaired) electrons. The van der Waals surface area contributed by atoms with E-state index in [2.05, 4.69) is 5.10 Å². The molecular formula is C17H12F3N3O4. The van der Waals surface area contributed by atoms with Crippen LogP contribution in [0.4, 0.5) is 18.9 Å². The third-order valence-corrected chi connectivity index (χ3v) is 4.04. The first-order valence-corrected chi connectivity index (χ1v) is 7.64. The molecule has 7 nitrogen and oxygen atoms in total. The fourth-order valence-electron chi connectivity index (χ4n) is 2.71. The molecule has 1 heterocycles. The Morgan fingerprint density at radius 2 is 1.85 bits per heavy atom. The van der Waals surface area contributed by atoms with Gasteiger partial charge >= 0.3 is 6.18 Å². The molecule has 1 aliphatic heterocycles. The Balaban J connectivity index is 2.10. The van der Waals surface area contributed by atoms with Crippen LogP contribution in [0.1, 0.15) is 22.3 Å². The van der Waals surface area contributed by atoms with Crippen LogP contribution in [0.25, 0.3) is 0 Å². The third kappa shape index (κ3) is 3.38. The average molecular weight is 379 g/mol. The van der Waals surface area contributed by atoms with E-state index in [0.717, 1.165) is 12.1 Å². The highest BCUT2D eigenvalue weighted by Crippen LogP contribution is 2.41. The van der Waals surface area contributed by atoms with Gasteiger partial charge in [-0.05, 0) is 12.1 Å². The topological polar surface area (TPSA) is 96.0 Å². The van der Waals surface area contributed by atoms with Crippen LogP contribution in [0.5, 0.6) is 0 Å². The first kappa shape index (κ1) is 18.5. The number of nitro benzene ring substituents is 1. The molecule has 3 rings (SSSR count). The molecule has 0 bridgehead atoms. The molecule has 0 saturated heterocycles. The molecule has 0 aliphatic carbocycles. The Bertz CT molecular complexity index is 931. The summed E-state index contributed by atoms with van der Waals surface area (Å²) in [6.45, 7) is 0. The minimum absolute atomic E-state index is 0.00790. The summed E-state index contributed by atoms with van der Waals surface area (Å²) in [5.41, 5.74) is -4.55. The minimum atomic E-state index is -4.87. The Morgan fingerprint density at radius 3 is 2.44 bits per heavy atom. The second-order valence-corrected chi connectivity index (χ2v) is 5.83. The summed E-state index contributed by atoms with van der Waals surface area (Å²) in [6, 6.07) is 11.8. The first-order chi connectivity index (χ1) is 12.6. The SMILES string of the molecule is O=C(c1ccccc1)N1N=C(C(F)(F)F)C[C@@]1(O)c1cccc([N+](=O)[O-])c1. The summed E-state index contributed by atoms with van der Waals surface area (Å²) in [6.07, 6.45) is -5.92. The van der Waals surface area contributed by atoms with Crippen molar-refractivity contribution in [1.82, 2.24) is 5.01 Å². The van der Waals surface area contributed by atoms with Gasteiger partial charge in [-0.3, -0.25) is 14.9 Å². The number of hydrazone groups is 1. The van der Waals surface area contributed by atoms with Gasteiger partial charge in [0.25, 0.3) is 11.6 Å². The molecule has 0 saturated carbocycles. The lowest BCUT2D eigenvalue weighted by molar-refractivity contribution is -0.385. The van der Waals surface area contributed by atoms with Crippen molar-refractivity contribution in [3.05, 3.63) is 75.8 Å². The van der Waals surface area contributed by atoms with Crippen LogP contribution in [-0.2, 0) is 5.72 Å². The van der Waals surface area contributed by atoms with Crippen molar-refractivity contribution in [1.29, 1.82) is 0 Å². The molecule has 0 spiro atoms. The quantitative estimate of drug-likeness (QED) is 0.654. The van der Waals surface area contributed by atoms with Gasteiger partial charge in [0.2, 0.25) is 0 Å². The van der Waals surface area contributed by atoms with Crippen LogP contribution in [0, 0.1) is 10.1 Å². The number of nitro groups is 1. The molecule has 0 aromatic heterocycles. The number of rotatable bonds is 3. The Kier molecular flexibility index (Phi) is 4.44. The van der Waals surface area contributed by atoms with Gasteiger partial charge < -0.3 is 5.11 Å². The van der Waals surface area contributed by atoms with E-state index in [-0.39, 0.29) is 11.1 Å². The van der Waals surface area contributed by atoms with Crippen LogP contribution in [-0.4, -0.2) is 32.8 Å². The van der Waals surface area contributed by atoms with Crippen LogP contribution in [0.15, 0.2) is 59.7 Å². The van der Waals surface area contributed by atoms with Crippen molar-refractivity contribution in [2.45, 2.75) is 18.3 Å². The minimum Gasteiger partial charge on any atom is -0.365 e. The first-order valence-electron chi connectivity index (χ1n) is 7.64. The van der Waals surface area contributed by atoms with E-state index in [1.807, 2.05) is 0 Å². The summed E-state index contributed by atoms with van der Waals surface area (Å²) < 4.78 is 39.5. The van der Waals surface area contributed by atoms with Crippen molar-refractivity contribution in [2.24, 2.45) is 5.10 Å². The van der Waals surface area contributed by atoms with Gasteiger partial charge in [-0.15, -0.1) is 0 Å². The smallest absolute Gasteiger partial charge is 0.365 e. The number of aliphatic hydroxyl groups is 1. The van der Waals surface area contributed by atoms with Crippen LogP contribution in [0.3, 0.4) is 0 Å². The van der Waals surface area contributed by atoms with Gasteiger partial charge in [-0.2, -0.15) is 23.3 Å². The second kappa shape index (κ2) is 6.47. The lowest BCUT2D eigenvalue weighted by Gasteiger charge is -2.31. The molecule has 10 heteroatoms. The normalized spacial score (nSPS) is 19.7. The van der Waals surface area contributed by atoms with Crippen molar-refractivity contribution >= 4 is 17.3 Å². The lowest BCUT2D eigenvalue weighted by Crippen LogP contribution is -2.43. The standard InChI is InChI=1S/C17H12F3N3O4/c18-17(19,20)14-10-16(25,12-7-4-8-13(9-12)23(26)27)22(21-14)15(24)11-5-2-1-3-6-11/h1-9,25H,10H2/t16-/m1/s1. The number of amides is 1. The van der Waals surface area contributed by atoms with Crippen molar-refractivity contribution in [2.75, 3.05) is 0 Å². The maximum Gasteiger partial charge on any atom is 0.431 e. The zero-order chi connectivity index (χ0) is 19.8. The summed E-state index contributed by atoms with van der Waals surface area (Å²) in [5, 5.41) is 25.5. The maximum atomic E-state index is 13.2. The average Bonchev–Trinajstić information content (AvgIpc) is 3.01. The molecule has 1 N–H and O–H groups in total. The van der Waals surface area contributed by atoms with Crippen molar-refractivity contribution < 1.29 is 28.0 Å². The number of hydrogen-bond acceptors (Lipinski definition) is 5. The number of halogens is 3. The summed E-state index contributed by atoms with van der Waals surface area (Å²) in [7, 11) is 0. The zero-order valence-corrected chi connectivity index (χ0v) is 13.6. The van der Waals surface area contributed by atoms with E-state index in [4.69, 9.17) is 0 Å². The molecule has 1 atom stereocenters. The van der Waals surface area contributed by atoms with E-state index in [1.165, 1.54) is 36.4 Å². The number of hydrogen-bond donors (Lipinski definition) is 1. The Labute approximate surface area is 150 Å². The van der Waals surface area contributed by atoms with E-state index in [9.17, 15) is 33.2 Å². The zero-order valence-electron chi connectivity index (χ0n) is 13.6. The number of nitrogens with zero attached hydrogens (tertiary/aromatic N) is 3. The van der Waals surface area contributed by atoms with Gasteiger partial charge in [0.1, 0.15) is 5.71 Å². The summed E-state index contributed by atoms with van der Waals surface area (Å²) >= 11 is 0. The Hall–Kier alpha value is -3.27.